The van der Waals surface area contributed by atoms with Gasteiger partial charge in [-0.2, -0.15) is 0 Å². The van der Waals surface area contributed by atoms with Crippen LogP contribution < -0.4 is 10.9 Å². The molecule has 0 saturated carbocycles. The van der Waals surface area contributed by atoms with Crippen LogP contribution in [0.15, 0.2) is 77.9 Å². The first-order valence-electron chi connectivity index (χ1n) is 7.02. The predicted octanol–water partition coefficient (Wildman–Crippen LogP) is 2.66. The Morgan fingerprint density at radius 2 is 1.61 bits per heavy atom. The number of carbonyl (C=O) groups excluding carboxylic acids is 1. The number of aromatic nitrogens is 1. The maximum Gasteiger partial charge on any atom is 0.202 e. The largest absolute Gasteiger partial charge is 0.507 e. The van der Waals surface area contributed by atoms with Crippen LogP contribution in [0.4, 0.5) is 5.69 Å². The minimum absolute atomic E-state index is 0.0163. The van der Waals surface area contributed by atoms with Crippen molar-refractivity contribution in [1.82, 2.24) is 4.68 Å². The molecular weight excluding hydrogens is 292 g/mol. The summed E-state index contributed by atoms with van der Waals surface area (Å²) in [6.45, 7) is 0. The topological polar surface area (TPSA) is 71.3 Å². The second-order valence-corrected chi connectivity index (χ2v) is 4.95. The third kappa shape index (κ3) is 3.13. The van der Waals surface area contributed by atoms with Crippen molar-refractivity contribution in [3.63, 3.8) is 0 Å². The summed E-state index contributed by atoms with van der Waals surface area (Å²) < 4.78 is 1.53. The van der Waals surface area contributed by atoms with Gasteiger partial charge in [0.25, 0.3) is 0 Å². The number of hydrogen-bond donors (Lipinski definition) is 2. The molecule has 0 unspecified atom stereocenters. The number of pyridine rings is 1. The van der Waals surface area contributed by atoms with Crippen molar-refractivity contribution in [3.8, 4) is 5.75 Å². The average molecular weight is 306 g/mol. The molecule has 2 N–H and O–H groups in total. The number of phenols is 1. The molecule has 0 fully saturated rings. The number of para-hydroxylation sites is 2. The molecule has 2 aromatic carbocycles. The maximum atomic E-state index is 12.5. The van der Waals surface area contributed by atoms with Crippen LogP contribution in [0.25, 0.3) is 0 Å². The number of benzene rings is 2. The highest BCUT2D eigenvalue weighted by Crippen LogP contribution is 2.18. The van der Waals surface area contributed by atoms with E-state index < -0.39 is 11.2 Å². The van der Waals surface area contributed by atoms with Crippen LogP contribution in [0.1, 0.15) is 15.9 Å². The van der Waals surface area contributed by atoms with Gasteiger partial charge in [0.05, 0.1) is 16.8 Å². The molecule has 3 rings (SSSR count). The molecule has 0 saturated heterocycles. The molecule has 5 heteroatoms. The van der Waals surface area contributed by atoms with E-state index in [1.165, 1.54) is 35.3 Å². The van der Waals surface area contributed by atoms with Gasteiger partial charge in [0.2, 0.25) is 5.78 Å². The zero-order valence-corrected chi connectivity index (χ0v) is 12.1. The van der Waals surface area contributed by atoms with Crippen molar-refractivity contribution in [2.45, 2.75) is 0 Å². The van der Waals surface area contributed by atoms with Gasteiger partial charge in [-0.25, -0.2) is 0 Å². The predicted molar refractivity (Wildman–Crippen MR) is 87.7 cm³/mol. The normalized spacial score (nSPS) is 10.3. The third-order valence-electron chi connectivity index (χ3n) is 3.35. The van der Waals surface area contributed by atoms with Crippen LogP contribution in [-0.4, -0.2) is 15.6 Å². The Kier molecular flexibility index (Phi) is 3.93. The summed E-state index contributed by atoms with van der Waals surface area (Å²) in [5, 5.41) is 9.79. The molecule has 3 aromatic rings. The summed E-state index contributed by atoms with van der Waals surface area (Å²) in [6, 6.07) is 16.8. The fourth-order valence-electron chi connectivity index (χ4n) is 2.20. The van der Waals surface area contributed by atoms with Crippen LogP contribution in [0.3, 0.4) is 0 Å². The maximum absolute atomic E-state index is 12.5. The Balaban J connectivity index is 1.97. The third-order valence-corrected chi connectivity index (χ3v) is 3.35. The average Bonchev–Trinajstić information content (AvgIpc) is 2.57. The number of nitrogens with one attached hydrogen (secondary N) is 1. The molecule has 0 amide bonds. The van der Waals surface area contributed by atoms with E-state index in [1.54, 1.807) is 12.1 Å². The summed E-state index contributed by atoms with van der Waals surface area (Å²) in [6.07, 6.45) is 2.96. The number of nitrogens with zero attached hydrogens (tertiary/aromatic N) is 1. The second kappa shape index (κ2) is 6.19. The van der Waals surface area contributed by atoms with Gasteiger partial charge in [0.15, 0.2) is 5.43 Å². The summed E-state index contributed by atoms with van der Waals surface area (Å²) in [5.41, 5.74) is 3.56. The summed E-state index contributed by atoms with van der Waals surface area (Å²) in [4.78, 5) is 24.5. The number of ketones is 1. The van der Waals surface area contributed by atoms with E-state index in [4.69, 9.17) is 0 Å². The van der Waals surface area contributed by atoms with Crippen molar-refractivity contribution in [1.29, 1.82) is 0 Å². The number of anilines is 1. The van der Waals surface area contributed by atoms with E-state index >= 15 is 0 Å². The SMILES string of the molecule is O=C(c1ccccc1O)c1cn(Nc2ccccc2)ccc1=O. The standard InChI is InChI=1S/C18H14N2O3/c21-16-9-5-4-8-14(16)18(23)15-12-20(11-10-17(15)22)19-13-6-2-1-3-7-13/h1-12,19,21H. The minimum atomic E-state index is -0.516. The van der Waals surface area contributed by atoms with Crippen molar-refractivity contribution in [2.75, 3.05) is 5.43 Å². The lowest BCUT2D eigenvalue weighted by Gasteiger charge is -2.11. The van der Waals surface area contributed by atoms with E-state index in [2.05, 4.69) is 5.43 Å². The number of rotatable bonds is 4. The Bertz CT molecular complexity index is 901. The minimum Gasteiger partial charge on any atom is -0.507 e. The number of carbonyl (C=O) groups is 1. The summed E-state index contributed by atoms with van der Waals surface area (Å²) in [5.74, 6) is -0.666. The molecule has 0 aliphatic rings. The molecule has 0 aliphatic carbocycles. The molecule has 1 heterocycles. The lowest BCUT2D eigenvalue weighted by atomic mass is 10.0. The summed E-state index contributed by atoms with van der Waals surface area (Å²) in [7, 11) is 0. The van der Waals surface area contributed by atoms with Crippen LogP contribution in [0.2, 0.25) is 0 Å². The Hall–Kier alpha value is -3.34. The van der Waals surface area contributed by atoms with Gasteiger partial charge < -0.3 is 5.11 Å². The van der Waals surface area contributed by atoms with Crippen molar-refractivity contribution in [2.24, 2.45) is 0 Å². The van der Waals surface area contributed by atoms with Gasteiger partial charge in [-0.15, -0.1) is 0 Å². The number of hydrogen-bond acceptors (Lipinski definition) is 4. The Morgan fingerprint density at radius 1 is 0.913 bits per heavy atom. The van der Waals surface area contributed by atoms with E-state index in [9.17, 15) is 14.7 Å². The highest BCUT2D eigenvalue weighted by Gasteiger charge is 2.16. The lowest BCUT2D eigenvalue weighted by molar-refractivity contribution is 0.103. The number of phenolic OH excluding ortho intramolecular Hbond substituents is 1. The Labute approximate surface area is 132 Å². The smallest absolute Gasteiger partial charge is 0.202 e. The monoisotopic (exact) mass is 306 g/mol. The van der Waals surface area contributed by atoms with Crippen LogP contribution >= 0.6 is 0 Å². The molecule has 114 valence electrons. The molecule has 0 radical (unpaired) electrons. The summed E-state index contributed by atoms with van der Waals surface area (Å²) >= 11 is 0. The van der Waals surface area contributed by atoms with Crippen LogP contribution in [0.5, 0.6) is 5.75 Å². The van der Waals surface area contributed by atoms with E-state index in [0.29, 0.717) is 0 Å². The molecular formula is C18H14N2O3. The number of aromatic hydroxyl groups is 1. The first kappa shape index (κ1) is 14.6. The molecule has 1 aromatic heterocycles. The quantitative estimate of drug-likeness (QED) is 0.727. The molecule has 5 nitrogen and oxygen atoms in total. The molecule has 0 atom stereocenters. The van der Waals surface area contributed by atoms with E-state index in [0.717, 1.165) is 5.69 Å². The van der Waals surface area contributed by atoms with Gasteiger partial charge >= 0.3 is 0 Å². The molecule has 0 bridgehead atoms. The zero-order valence-electron chi connectivity index (χ0n) is 12.1. The molecule has 23 heavy (non-hydrogen) atoms. The first-order valence-corrected chi connectivity index (χ1v) is 7.02. The van der Waals surface area contributed by atoms with Crippen molar-refractivity contribution < 1.29 is 9.90 Å². The van der Waals surface area contributed by atoms with Gasteiger partial charge in [-0.1, -0.05) is 30.3 Å². The van der Waals surface area contributed by atoms with Crippen LogP contribution in [-0.2, 0) is 0 Å². The highest BCUT2D eigenvalue weighted by atomic mass is 16.3. The van der Waals surface area contributed by atoms with E-state index in [-0.39, 0.29) is 16.9 Å². The zero-order chi connectivity index (χ0) is 16.2. The van der Waals surface area contributed by atoms with E-state index in [1.807, 2.05) is 30.3 Å². The van der Waals surface area contributed by atoms with Crippen LogP contribution in [0, 0.1) is 0 Å². The highest BCUT2D eigenvalue weighted by molar-refractivity contribution is 6.10. The van der Waals surface area contributed by atoms with Gasteiger partial charge in [0, 0.05) is 18.5 Å². The lowest BCUT2D eigenvalue weighted by Crippen LogP contribution is -2.20. The molecule has 0 aliphatic heterocycles. The molecule has 0 spiro atoms. The van der Waals surface area contributed by atoms with Crippen molar-refractivity contribution >= 4 is 11.5 Å². The van der Waals surface area contributed by atoms with Gasteiger partial charge in [0.1, 0.15) is 5.75 Å². The Morgan fingerprint density at radius 3 is 2.35 bits per heavy atom. The fraction of sp³-hybridized carbons (Fsp3) is 0. The van der Waals surface area contributed by atoms with Crippen molar-refractivity contribution in [3.05, 3.63) is 94.4 Å². The van der Waals surface area contributed by atoms with Gasteiger partial charge in [-0.3, -0.25) is 19.7 Å². The second-order valence-electron chi connectivity index (χ2n) is 4.95. The first-order chi connectivity index (χ1) is 11.1. The van der Waals surface area contributed by atoms with Gasteiger partial charge in [-0.05, 0) is 24.3 Å². The fourth-order valence-corrected chi connectivity index (χ4v) is 2.20.